The third-order valence-corrected chi connectivity index (χ3v) is 4.39. The van der Waals surface area contributed by atoms with Crippen molar-refractivity contribution in [1.82, 2.24) is 4.90 Å². The van der Waals surface area contributed by atoms with E-state index in [1.54, 1.807) is 0 Å². The molecular weight excluding hydrogens is 242 g/mol. The Kier molecular flexibility index (Phi) is 4.05. The molecule has 4 nitrogen and oxygen atoms in total. The summed E-state index contributed by atoms with van der Waals surface area (Å²) >= 11 is 0. The van der Waals surface area contributed by atoms with Gasteiger partial charge >= 0.3 is 0 Å². The number of carbonyl (C=O) groups is 1. The molecule has 2 heterocycles. The molecule has 0 saturated carbocycles. The first kappa shape index (κ1) is 14.9. The summed E-state index contributed by atoms with van der Waals surface area (Å²) in [5.74, 6) is 0.190. The van der Waals surface area contributed by atoms with Gasteiger partial charge in [0.1, 0.15) is 5.60 Å². The molecule has 0 spiro atoms. The molecule has 0 aromatic rings. The van der Waals surface area contributed by atoms with Gasteiger partial charge in [-0.2, -0.15) is 0 Å². The molecular formula is C15H27NO3. The standard InChI is InChI=1S/C15H27NO3/c1-6-11-9-16(7-8-18-11)10-12-13(17)15(4,5)19-14(12,2)3/h11-12H,6-10H2,1-5H3. The normalized spacial score (nSPS) is 34.7. The van der Waals surface area contributed by atoms with Gasteiger partial charge < -0.3 is 9.47 Å². The highest BCUT2D eigenvalue weighted by Gasteiger charge is 2.53. The average Bonchev–Trinajstić information content (AvgIpc) is 2.48. The minimum Gasteiger partial charge on any atom is -0.376 e. The molecule has 110 valence electrons. The number of morpholine rings is 1. The smallest absolute Gasteiger partial charge is 0.171 e. The molecule has 2 unspecified atom stereocenters. The van der Waals surface area contributed by atoms with E-state index < -0.39 is 5.60 Å². The Morgan fingerprint density at radius 1 is 1.32 bits per heavy atom. The van der Waals surface area contributed by atoms with Gasteiger partial charge in [-0.25, -0.2) is 0 Å². The van der Waals surface area contributed by atoms with Crippen LogP contribution in [0.15, 0.2) is 0 Å². The average molecular weight is 269 g/mol. The summed E-state index contributed by atoms with van der Waals surface area (Å²) in [6.45, 7) is 13.4. The zero-order valence-electron chi connectivity index (χ0n) is 12.9. The molecule has 19 heavy (non-hydrogen) atoms. The Bertz CT molecular complexity index is 351. The van der Waals surface area contributed by atoms with Crippen LogP contribution in [0.2, 0.25) is 0 Å². The Balaban J connectivity index is 2.04. The molecule has 2 saturated heterocycles. The van der Waals surface area contributed by atoms with Crippen LogP contribution >= 0.6 is 0 Å². The Morgan fingerprint density at radius 2 is 2.00 bits per heavy atom. The van der Waals surface area contributed by atoms with Crippen molar-refractivity contribution in [3.8, 4) is 0 Å². The zero-order chi connectivity index (χ0) is 14.3. The molecule has 0 radical (unpaired) electrons. The van der Waals surface area contributed by atoms with Gasteiger partial charge in [0.25, 0.3) is 0 Å². The predicted molar refractivity (Wildman–Crippen MR) is 74.2 cm³/mol. The van der Waals surface area contributed by atoms with Gasteiger partial charge in [-0.3, -0.25) is 9.69 Å². The first-order valence-corrected chi connectivity index (χ1v) is 7.34. The highest BCUT2D eigenvalue weighted by molar-refractivity contribution is 5.91. The van der Waals surface area contributed by atoms with Gasteiger partial charge in [0, 0.05) is 19.6 Å². The maximum atomic E-state index is 12.5. The Morgan fingerprint density at radius 3 is 2.53 bits per heavy atom. The largest absolute Gasteiger partial charge is 0.376 e. The van der Waals surface area contributed by atoms with Gasteiger partial charge in [0.2, 0.25) is 0 Å². The lowest BCUT2D eigenvalue weighted by atomic mass is 9.85. The first-order chi connectivity index (χ1) is 8.76. The maximum Gasteiger partial charge on any atom is 0.171 e. The number of nitrogens with zero attached hydrogens (tertiary/aromatic N) is 1. The van der Waals surface area contributed by atoms with Crippen molar-refractivity contribution < 1.29 is 14.3 Å². The van der Waals surface area contributed by atoms with Crippen LogP contribution in [0.25, 0.3) is 0 Å². The summed E-state index contributed by atoms with van der Waals surface area (Å²) in [5, 5.41) is 0. The van der Waals surface area contributed by atoms with E-state index in [-0.39, 0.29) is 17.3 Å². The summed E-state index contributed by atoms with van der Waals surface area (Å²) in [6.07, 6.45) is 1.34. The lowest BCUT2D eigenvalue weighted by Gasteiger charge is -2.36. The van der Waals surface area contributed by atoms with Crippen molar-refractivity contribution in [1.29, 1.82) is 0 Å². The molecule has 0 aliphatic carbocycles. The Labute approximate surface area is 116 Å². The van der Waals surface area contributed by atoms with Crippen LogP contribution in [0.3, 0.4) is 0 Å². The van der Waals surface area contributed by atoms with Gasteiger partial charge in [-0.05, 0) is 34.1 Å². The third kappa shape index (κ3) is 3.01. The molecule has 2 aliphatic rings. The van der Waals surface area contributed by atoms with Crippen LogP contribution in [0.1, 0.15) is 41.0 Å². The first-order valence-electron chi connectivity index (χ1n) is 7.34. The minimum atomic E-state index is -0.648. The SMILES string of the molecule is CCC1CN(CC2C(=O)C(C)(C)OC2(C)C)CCO1. The maximum absolute atomic E-state index is 12.5. The monoisotopic (exact) mass is 269 g/mol. The second kappa shape index (κ2) is 5.15. The number of ketones is 1. The molecule has 2 fully saturated rings. The van der Waals surface area contributed by atoms with Gasteiger partial charge in [-0.15, -0.1) is 0 Å². The molecule has 0 amide bonds. The number of rotatable bonds is 3. The van der Waals surface area contributed by atoms with Crippen molar-refractivity contribution >= 4 is 5.78 Å². The quantitative estimate of drug-likeness (QED) is 0.784. The lowest BCUT2D eigenvalue weighted by Crippen LogP contribution is -2.48. The third-order valence-electron chi connectivity index (χ3n) is 4.39. The van der Waals surface area contributed by atoms with Crippen LogP contribution in [-0.4, -0.2) is 54.2 Å². The number of carbonyl (C=O) groups excluding carboxylic acids is 1. The van der Waals surface area contributed by atoms with E-state index in [2.05, 4.69) is 11.8 Å². The highest BCUT2D eigenvalue weighted by atomic mass is 16.5. The minimum absolute atomic E-state index is 0.0434. The summed E-state index contributed by atoms with van der Waals surface area (Å²) in [4.78, 5) is 14.8. The second-order valence-corrected chi connectivity index (χ2v) is 6.79. The molecule has 2 aliphatic heterocycles. The fraction of sp³-hybridized carbons (Fsp3) is 0.933. The number of Topliss-reactive ketones (excluding diaryl/α,β-unsaturated/α-hetero) is 1. The fourth-order valence-electron chi connectivity index (χ4n) is 3.27. The summed E-state index contributed by atoms with van der Waals surface area (Å²) in [7, 11) is 0. The van der Waals surface area contributed by atoms with Crippen molar-refractivity contribution in [3.63, 3.8) is 0 Å². The lowest BCUT2D eigenvalue weighted by molar-refractivity contribution is -0.132. The van der Waals surface area contributed by atoms with E-state index in [0.717, 1.165) is 32.7 Å². The van der Waals surface area contributed by atoms with Crippen molar-refractivity contribution in [3.05, 3.63) is 0 Å². The summed E-state index contributed by atoms with van der Waals surface area (Å²) < 4.78 is 11.6. The van der Waals surface area contributed by atoms with Crippen LogP contribution in [0, 0.1) is 5.92 Å². The number of ether oxygens (including phenoxy) is 2. The van der Waals surface area contributed by atoms with Crippen LogP contribution in [0.5, 0.6) is 0 Å². The summed E-state index contributed by atoms with van der Waals surface area (Å²) in [5.41, 5.74) is -1.02. The molecule has 0 aromatic carbocycles. The number of hydrogen-bond acceptors (Lipinski definition) is 4. The zero-order valence-corrected chi connectivity index (χ0v) is 12.9. The van der Waals surface area contributed by atoms with Crippen molar-refractivity contribution in [2.75, 3.05) is 26.2 Å². The van der Waals surface area contributed by atoms with E-state index in [4.69, 9.17) is 9.47 Å². The molecule has 4 heteroatoms. The molecule has 0 bridgehead atoms. The van der Waals surface area contributed by atoms with E-state index in [1.807, 2.05) is 27.7 Å². The highest BCUT2D eigenvalue weighted by Crippen LogP contribution is 2.39. The van der Waals surface area contributed by atoms with E-state index in [0.29, 0.717) is 6.10 Å². The predicted octanol–water partition coefficient (Wildman–Crippen LogP) is 1.87. The van der Waals surface area contributed by atoms with E-state index in [9.17, 15) is 4.79 Å². The molecule has 0 N–H and O–H groups in total. The topological polar surface area (TPSA) is 38.8 Å². The second-order valence-electron chi connectivity index (χ2n) is 6.79. The van der Waals surface area contributed by atoms with Crippen LogP contribution < -0.4 is 0 Å². The Hall–Kier alpha value is -0.450. The van der Waals surface area contributed by atoms with Crippen LogP contribution in [0.4, 0.5) is 0 Å². The van der Waals surface area contributed by atoms with Crippen molar-refractivity contribution in [2.24, 2.45) is 5.92 Å². The van der Waals surface area contributed by atoms with E-state index >= 15 is 0 Å². The molecule has 0 aromatic heterocycles. The van der Waals surface area contributed by atoms with Gasteiger partial charge in [0.15, 0.2) is 5.78 Å². The molecule has 2 rings (SSSR count). The number of hydrogen-bond donors (Lipinski definition) is 0. The van der Waals surface area contributed by atoms with Gasteiger partial charge in [0.05, 0.1) is 24.2 Å². The molecule has 2 atom stereocenters. The fourth-order valence-corrected chi connectivity index (χ4v) is 3.27. The van der Waals surface area contributed by atoms with Crippen molar-refractivity contribution in [2.45, 2.75) is 58.3 Å². The summed E-state index contributed by atoms with van der Waals surface area (Å²) in [6, 6.07) is 0. The van der Waals surface area contributed by atoms with E-state index in [1.165, 1.54) is 0 Å². The van der Waals surface area contributed by atoms with Crippen LogP contribution in [-0.2, 0) is 14.3 Å². The van der Waals surface area contributed by atoms with Gasteiger partial charge in [-0.1, -0.05) is 6.92 Å².